The summed E-state index contributed by atoms with van der Waals surface area (Å²) in [6.07, 6.45) is -0.215. The molecule has 23 heavy (non-hydrogen) atoms. The molecule has 124 valence electrons. The summed E-state index contributed by atoms with van der Waals surface area (Å²) in [5.74, 6) is 0.196. The van der Waals surface area contributed by atoms with E-state index in [0.717, 1.165) is 17.2 Å². The van der Waals surface area contributed by atoms with Crippen LogP contribution in [0, 0.1) is 0 Å². The van der Waals surface area contributed by atoms with Gasteiger partial charge >= 0.3 is 0 Å². The van der Waals surface area contributed by atoms with E-state index in [2.05, 4.69) is 4.90 Å². The number of carboxylic acids is 1. The van der Waals surface area contributed by atoms with Crippen LogP contribution in [-0.4, -0.2) is 56.2 Å². The largest absolute Gasteiger partial charge is 0.550 e. The molecule has 1 aromatic rings. The molecule has 1 saturated heterocycles. The smallest absolute Gasteiger partial charge is 0.223 e. The fourth-order valence-corrected chi connectivity index (χ4v) is 2.81. The lowest BCUT2D eigenvalue weighted by Crippen LogP contribution is -2.49. The summed E-state index contributed by atoms with van der Waals surface area (Å²) in [5, 5.41) is 10.4. The maximum atomic E-state index is 11.9. The van der Waals surface area contributed by atoms with E-state index in [-0.39, 0.29) is 18.7 Å². The molecule has 0 radical (unpaired) electrons. The van der Waals surface area contributed by atoms with Crippen molar-refractivity contribution in [3.05, 3.63) is 18.2 Å². The predicted octanol–water partition coefficient (Wildman–Crippen LogP) is -0.363. The monoisotopic (exact) mass is 319 g/mol. The van der Waals surface area contributed by atoms with Gasteiger partial charge in [-0.25, -0.2) is 0 Å². The van der Waals surface area contributed by atoms with Crippen molar-refractivity contribution in [2.24, 2.45) is 0 Å². The molecule has 0 aromatic heterocycles. The summed E-state index contributed by atoms with van der Waals surface area (Å²) in [5.41, 5.74) is 1.04. The molecular formula is C16H19N2O5-. The molecule has 2 aliphatic heterocycles. The minimum Gasteiger partial charge on any atom is -0.550 e. The Morgan fingerprint density at radius 2 is 1.70 bits per heavy atom. The number of nitrogens with zero attached hydrogens (tertiary/aromatic N) is 2. The molecule has 1 fully saturated rings. The van der Waals surface area contributed by atoms with Gasteiger partial charge in [-0.05, 0) is 18.6 Å². The highest BCUT2D eigenvalue weighted by molar-refractivity contribution is 5.80. The number of fused-ring (bicyclic) bond motifs is 1. The molecule has 2 heterocycles. The second-order valence-corrected chi connectivity index (χ2v) is 5.57. The molecule has 0 unspecified atom stereocenters. The molecule has 3 rings (SSSR count). The predicted molar refractivity (Wildman–Crippen MR) is 80.5 cm³/mol. The Kier molecular flexibility index (Phi) is 4.55. The van der Waals surface area contributed by atoms with Crippen LogP contribution in [0.3, 0.4) is 0 Å². The highest BCUT2D eigenvalue weighted by Crippen LogP contribution is 2.34. The van der Waals surface area contributed by atoms with Crippen molar-refractivity contribution in [3.8, 4) is 11.5 Å². The Labute approximate surface area is 134 Å². The van der Waals surface area contributed by atoms with Crippen LogP contribution in [-0.2, 0) is 9.59 Å². The summed E-state index contributed by atoms with van der Waals surface area (Å²) in [6, 6.07) is 5.85. The minimum atomic E-state index is -1.19. The number of carbonyl (C=O) groups is 2. The Morgan fingerprint density at radius 1 is 1.00 bits per heavy atom. The summed E-state index contributed by atoms with van der Waals surface area (Å²) in [7, 11) is 0. The van der Waals surface area contributed by atoms with E-state index in [9.17, 15) is 14.7 Å². The van der Waals surface area contributed by atoms with Gasteiger partial charge in [0, 0.05) is 50.3 Å². The van der Waals surface area contributed by atoms with Crippen LogP contribution in [0.25, 0.3) is 0 Å². The lowest BCUT2D eigenvalue weighted by Gasteiger charge is -2.36. The Hall–Kier alpha value is -2.44. The Morgan fingerprint density at radius 3 is 2.39 bits per heavy atom. The normalized spacial score (nSPS) is 17.0. The van der Waals surface area contributed by atoms with Crippen LogP contribution in [0.4, 0.5) is 5.69 Å². The molecule has 1 aromatic carbocycles. The number of rotatable bonds is 4. The lowest BCUT2D eigenvalue weighted by molar-refractivity contribution is -0.305. The quantitative estimate of drug-likeness (QED) is 0.753. The van der Waals surface area contributed by atoms with E-state index >= 15 is 0 Å². The van der Waals surface area contributed by atoms with Crippen LogP contribution in [0.5, 0.6) is 11.5 Å². The molecule has 7 nitrogen and oxygen atoms in total. The van der Waals surface area contributed by atoms with Crippen LogP contribution in [0.15, 0.2) is 18.2 Å². The third-order valence-corrected chi connectivity index (χ3v) is 4.07. The average molecular weight is 319 g/mol. The topological polar surface area (TPSA) is 82.1 Å². The van der Waals surface area contributed by atoms with E-state index in [1.807, 2.05) is 18.2 Å². The summed E-state index contributed by atoms with van der Waals surface area (Å²) >= 11 is 0. The first-order valence-electron chi connectivity index (χ1n) is 7.76. The van der Waals surface area contributed by atoms with Gasteiger partial charge in [0.1, 0.15) is 13.2 Å². The molecule has 0 aliphatic carbocycles. The van der Waals surface area contributed by atoms with E-state index in [0.29, 0.717) is 39.4 Å². The number of carboxylic acid groups (broad SMARTS) is 1. The second-order valence-electron chi connectivity index (χ2n) is 5.57. The molecule has 0 saturated carbocycles. The molecule has 1 amide bonds. The number of anilines is 1. The second kappa shape index (κ2) is 6.76. The van der Waals surface area contributed by atoms with Gasteiger partial charge in [-0.15, -0.1) is 0 Å². The Balaban J connectivity index is 1.56. The molecular weight excluding hydrogens is 300 g/mol. The van der Waals surface area contributed by atoms with Crippen molar-refractivity contribution >= 4 is 17.6 Å². The number of amides is 1. The van der Waals surface area contributed by atoms with Crippen LogP contribution in [0.2, 0.25) is 0 Å². The third-order valence-electron chi connectivity index (χ3n) is 4.07. The third kappa shape index (κ3) is 3.67. The molecule has 0 N–H and O–H groups in total. The van der Waals surface area contributed by atoms with Crippen molar-refractivity contribution in [1.29, 1.82) is 0 Å². The molecule has 7 heteroatoms. The standard InChI is InChI=1S/C16H20N2O5/c19-15(3-4-16(20)21)18-7-5-17(6-8-18)12-1-2-13-14(11-12)23-10-9-22-13/h1-2,11H,3-10H2,(H,20,21)/p-1. The molecule has 2 aliphatic rings. The van der Waals surface area contributed by atoms with E-state index in [1.54, 1.807) is 4.90 Å². The first-order valence-corrected chi connectivity index (χ1v) is 7.76. The van der Waals surface area contributed by atoms with E-state index in [4.69, 9.17) is 9.47 Å². The van der Waals surface area contributed by atoms with Crippen LogP contribution in [0.1, 0.15) is 12.8 Å². The molecule has 0 bridgehead atoms. The molecule has 0 spiro atoms. The van der Waals surface area contributed by atoms with Gasteiger partial charge in [-0.3, -0.25) is 4.79 Å². The Bertz CT molecular complexity index is 596. The lowest BCUT2D eigenvalue weighted by atomic mass is 10.2. The van der Waals surface area contributed by atoms with Crippen molar-refractivity contribution < 1.29 is 24.2 Å². The van der Waals surface area contributed by atoms with Crippen LogP contribution >= 0.6 is 0 Å². The molecule has 0 atom stereocenters. The number of hydrogen-bond donors (Lipinski definition) is 0. The maximum absolute atomic E-state index is 11.9. The first-order chi connectivity index (χ1) is 11.1. The fraction of sp³-hybridized carbons (Fsp3) is 0.500. The zero-order valence-corrected chi connectivity index (χ0v) is 12.8. The van der Waals surface area contributed by atoms with Crippen LogP contribution < -0.4 is 19.5 Å². The van der Waals surface area contributed by atoms with Crippen molar-refractivity contribution in [2.75, 3.05) is 44.3 Å². The van der Waals surface area contributed by atoms with Crippen molar-refractivity contribution in [3.63, 3.8) is 0 Å². The summed E-state index contributed by atoms with van der Waals surface area (Å²) < 4.78 is 11.1. The van der Waals surface area contributed by atoms with E-state index < -0.39 is 5.97 Å². The SMILES string of the molecule is O=C([O-])CCC(=O)N1CCN(c2ccc3c(c2)OCCO3)CC1. The van der Waals surface area contributed by atoms with Crippen molar-refractivity contribution in [1.82, 2.24) is 4.90 Å². The van der Waals surface area contributed by atoms with Gasteiger partial charge in [0.15, 0.2) is 11.5 Å². The fourth-order valence-electron chi connectivity index (χ4n) is 2.81. The number of ether oxygens (including phenoxy) is 2. The highest BCUT2D eigenvalue weighted by Gasteiger charge is 2.22. The number of hydrogen-bond acceptors (Lipinski definition) is 6. The van der Waals surface area contributed by atoms with E-state index in [1.165, 1.54) is 0 Å². The summed E-state index contributed by atoms with van der Waals surface area (Å²) in [4.78, 5) is 26.2. The van der Waals surface area contributed by atoms with Crippen molar-refractivity contribution in [2.45, 2.75) is 12.8 Å². The summed E-state index contributed by atoms with van der Waals surface area (Å²) in [6.45, 7) is 3.70. The van der Waals surface area contributed by atoms with Gasteiger partial charge in [0.2, 0.25) is 5.91 Å². The van der Waals surface area contributed by atoms with Gasteiger partial charge in [0.25, 0.3) is 0 Å². The van der Waals surface area contributed by atoms with Gasteiger partial charge in [0.05, 0.1) is 0 Å². The van der Waals surface area contributed by atoms with Gasteiger partial charge in [-0.2, -0.15) is 0 Å². The number of benzene rings is 1. The highest BCUT2D eigenvalue weighted by atomic mass is 16.6. The number of piperazine rings is 1. The van der Waals surface area contributed by atoms with Gasteiger partial charge in [-0.1, -0.05) is 0 Å². The zero-order chi connectivity index (χ0) is 16.2. The average Bonchev–Trinajstić information content (AvgIpc) is 2.59. The number of aliphatic carboxylic acids is 1. The van der Waals surface area contributed by atoms with Gasteiger partial charge < -0.3 is 29.2 Å². The maximum Gasteiger partial charge on any atom is 0.223 e. The number of carbonyl (C=O) groups excluding carboxylic acids is 2. The first kappa shape index (κ1) is 15.5. The zero-order valence-electron chi connectivity index (χ0n) is 12.8. The minimum absolute atomic E-state index is 0.00631.